The van der Waals surface area contributed by atoms with Crippen LogP contribution in [0.1, 0.15) is 18.4 Å². The molecule has 2 rings (SSSR count). The Bertz CT molecular complexity index is 455. The van der Waals surface area contributed by atoms with E-state index in [2.05, 4.69) is 10.6 Å². The second kappa shape index (κ2) is 6.29. The molecule has 1 fully saturated rings. The van der Waals surface area contributed by atoms with Crippen molar-refractivity contribution >= 4 is 11.6 Å². The van der Waals surface area contributed by atoms with Gasteiger partial charge in [-0.1, -0.05) is 12.1 Å². The van der Waals surface area contributed by atoms with Gasteiger partial charge in [-0.05, 0) is 31.4 Å². The van der Waals surface area contributed by atoms with Crippen LogP contribution in [0.3, 0.4) is 0 Å². The van der Waals surface area contributed by atoms with E-state index in [4.69, 9.17) is 0 Å². The van der Waals surface area contributed by atoms with E-state index in [1.54, 1.807) is 12.1 Å². The van der Waals surface area contributed by atoms with Crippen LogP contribution < -0.4 is 10.6 Å². The van der Waals surface area contributed by atoms with Crippen molar-refractivity contribution in [2.24, 2.45) is 0 Å². The van der Waals surface area contributed by atoms with Crippen LogP contribution >= 0.6 is 0 Å². The normalized spacial score (nSPS) is 14.1. The van der Waals surface area contributed by atoms with Gasteiger partial charge in [-0.25, -0.2) is 0 Å². The Kier molecular flexibility index (Phi) is 4.46. The summed E-state index contributed by atoms with van der Waals surface area (Å²) < 4.78 is 0. The first kappa shape index (κ1) is 13.5. The molecule has 0 spiro atoms. The molecule has 102 valence electrons. The second-order valence-corrected chi connectivity index (χ2v) is 4.69. The summed E-state index contributed by atoms with van der Waals surface area (Å²) in [7, 11) is 0. The van der Waals surface area contributed by atoms with E-state index in [9.17, 15) is 14.9 Å². The van der Waals surface area contributed by atoms with Gasteiger partial charge in [0.15, 0.2) is 0 Å². The number of benzene rings is 1. The highest BCUT2D eigenvalue weighted by Crippen LogP contribution is 2.18. The lowest BCUT2D eigenvalue weighted by atomic mass is 10.1. The SMILES string of the molecule is O=C(CNCCc1ccc([N+](=O)[O-])cc1)NC1CC1. The van der Waals surface area contributed by atoms with Crippen LogP contribution in [-0.2, 0) is 11.2 Å². The number of carbonyl (C=O) groups excluding carboxylic acids is 1. The highest BCUT2D eigenvalue weighted by molar-refractivity contribution is 5.78. The molecule has 0 unspecified atom stereocenters. The Morgan fingerprint density at radius 2 is 2.00 bits per heavy atom. The summed E-state index contributed by atoms with van der Waals surface area (Å²) >= 11 is 0. The summed E-state index contributed by atoms with van der Waals surface area (Å²) in [5.74, 6) is 0.0335. The molecule has 0 saturated heterocycles. The van der Waals surface area contributed by atoms with Crippen molar-refractivity contribution in [2.75, 3.05) is 13.1 Å². The zero-order chi connectivity index (χ0) is 13.7. The summed E-state index contributed by atoms with van der Waals surface area (Å²) in [5, 5.41) is 16.4. The zero-order valence-corrected chi connectivity index (χ0v) is 10.6. The minimum Gasteiger partial charge on any atom is -0.352 e. The van der Waals surface area contributed by atoms with Gasteiger partial charge in [0.2, 0.25) is 5.91 Å². The number of nitro groups is 1. The molecular formula is C13H17N3O3. The molecule has 0 bridgehead atoms. The molecule has 1 aliphatic rings. The quantitative estimate of drug-likeness (QED) is 0.437. The van der Waals surface area contributed by atoms with Crippen LogP contribution in [0.5, 0.6) is 0 Å². The lowest BCUT2D eigenvalue weighted by Gasteiger charge is -2.05. The van der Waals surface area contributed by atoms with Crippen molar-refractivity contribution in [3.63, 3.8) is 0 Å². The fourth-order valence-corrected chi connectivity index (χ4v) is 1.73. The van der Waals surface area contributed by atoms with E-state index < -0.39 is 4.92 Å². The molecule has 2 N–H and O–H groups in total. The maximum absolute atomic E-state index is 11.4. The fraction of sp³-hybridized carbons (Fsp3) is 0.462. The Morgan fingerprint density at radius 3 is 2.58 bits per heavy atom. The molecule has 1 amide bonds. The molecule has 6 heteroatoms. The monoisotopic (exact) mass is 263 g/mol. The Hall–Kier alpha value is -1.95. The Balaban J connectivity index is 1.64. The van der Waals surface area contributed by atoms with Crippen molar-refractivity contribution < 1.29 is 9.72 Å². The summed E-state index contributed by atoms with van der Waals surface area (Å²) in [6.45, 7) is 0.999. The Labute approximate surface area is 111 Å². The number of carbonyl (C=O) groups is 1. The van der Waals surface area contributed by atoms with Crippen molar-refractivity contribution in [3.8, 4) is 0 Å². The van der Waals surface area contributed by atoms with Crippen molar-refractivity contribution in [1.29, 1.82) is 0 Å². The predicted octanol–water partition coefficient (Wildman–Crippen LogP) is 1.01. The third kappa shape index (κ3) is 4.67. The lowest BCUT2D eigenvalue weighted by molar-refractivity contribution is -0.384. The number of non-ortho nitro benzene ring substituents is 1. The summed E-state index contributed by atoms with van der Waals surface area (Å²) in [6, 6.07) is 6.86. The minimum absolute atomic E-state index is 0.0335. The van der Waals surface area contributed by atoms with E-state index in [0.717, 1.165) is 24.8 Å². The molecule has 1 aliphatic carbocycles. The van der Waals surface area contributed by atoms with E-state index >= 15 is 0 Å². The molecule has 1 aromatic carbocycles. The summed E-state index contributed by atoms with van der Waals surface area (Å²) in [6.07, 6.45) is 2.93. The largest absolute Gasteiger partial charge is 0.352 e. The van der Waals surface area contributed by atoms with E-state index in [1.807, 2.05) is 0 Å². The first-order chi connectivity index (χ1) is 9.15. The average molecular weight is 263 g/mol. The van der Waals surface area contributed by atoms with Crippen LogP contribution in [0.25, 0.3) is 0 Å². The molecule has 0 atom stereocenters. The van der Waals surface area contributed by atoms with Gasteiger partial charge in [-0.15, -0.1) is 0 Å². The molecule has 0 radical (unpaired) electrons. The maximum atomic E-state index is 11.4. The molecular weight excluding hydrogens is 246 g/mol. The predicted molar refractivity (Wildman–Crippen MR) is 70.8 cm³/mol. The van der Waals surface area contributed by atoms with Gasteiger partial charge in [0.1, 0.15) is 0 Å². The highest BCUT2D eigenvalue weighted by atomic mass is 16.6. The minimum atomic E-state index is -0.412. The van der Waals surface area contributed by atoms with Crippen molar-refractivity contribution in [2.45, 2.75) is 25.3 Å². The van der Waals surface area contributed by atoms with Crippen LogP contribution in [0.15, 0.2) is 24.3 Å². The van der Waals surface area contributed by atoms with Crippen LogP contribution in [0, 0.1) is 10.1 Å². The topological polar surface area (TPSA) is 84.3 Å². The average Bonchev–Trinajstić information content (AvgIpc) is 3.19. The van der Waals surface area contributed by atoms with Gasteiger partial charge in [0.25, 0.3) is 5.69 Å². The lowest BCUT2D eigenvalue weighted by Crippen LogP contribution is -2.35. The number of nitrogens with zero attached hydrogens (tertiary/aromatic N) is 1. The molecule has 6 nitrogen and oxygen atoms in total. The van der Waals surface area contributed by atoms with E-state index in [-0.39, 0.29) is 11.6 Å². The van der Waals surface area contributed by atoms with Gasteiger partial charge < -0.3 is 10.6 Å². The smallest absolute Gasteiger partial charge is 0.269 e. The van der Waals surface area contributed by atoms with Gasteiger partial charge in [-0.3, -0.25) is 14.9 Å². The molecule has 1 aromatic rings. The molecule has 0 aliphatic heterocycles. The third-order valence-corrected chi connectivity index (χ3v) is 2.97. The van der Waals surface area contributed by atoms with E-state index in [1.165, 1.54) is 12.1 Å². The van der Waals surface area contributed by atoms with Crippen LogP contribution in [0.2, 0.25) is 0 Å². The number of hydrogen-bond acceptors (Lipinski definition) is 4. The van der Waals surface area contributed by atoms with Gasteiger partial charge in [-0.2, -0.15) is 0 Å². The standard InChI is InChI=1S/C13H17N3O3/c17-13(15-11-3-4-11)9-14-8-7-10-1-5-12(6-2-10)16(18)19/h1-2,5-6,11,14H,3-4,7-9H2,(H,15,17). The Morgan fingerprint density at radius 1 is 1.32 bits per heavy atom. The molecule has 0 aromatic heterocycles. The number of amides is 1. The van der Waals surface area contributed by atoms with Crippen LogP contribution in [-0.4, -0.2) is 30.0 Å². The number of nitro benzene ring substituents is 1. The first-order valence-corrected chi connectivity index (χ1v) is 6.38. The van der Waals surface area contributed by atoms with Crippen molar-refractivity contribution in [1.82, 2.24) is 10.6 Å². The van der Waals surface area contributed by atoms with E-state index in [0.29, 0.717) is 19.1 Å². The third-order valence-electron chi connectivity index (χ3n) is 2.97. The molecule has 1 saturated carbocycles. The maximum Gasteiger partial charge on any atom is 0.269 e. The van der Waals surface area contributed by atoms with Gasteiger partial charge >= 0.3 is 0 Å². The number of nitrogens with one attached hydrogen (secondary N) is 2. The summed E-state index contributed by atoms with van der Waals surface area (Å²) in [4.78, 5) is 21.5. The summed E-state index contributed by atoms with van der Waals surface area (Å²) in [5.41, 5.74) is 1.11. The van der Waals surface area contributed by atoms with Gasteiger partial charge in [0.05, 0.1) is 11.5 Å². The van der Waals surface area contributed by atoms with Crippen LogP contribution in [0.4, 0.5) is 5.69 Å². The zero-order valence-electron chi connectivity index (χ0n) is 10.6. The second-order valence-electron chi connectivity index (χ2n) is 4.69. The molecule has 0 heterocycles. The van der Waals surface area contributed by atoms with Crippen molar-refractivity contribution in [3.05, 3.63) is 39.9 Å². The van der Waals surface area contributed by atoms with Gasteiger partial charge in [0, 0.05) is 18.2 Å². The first-order valence-electron chi connectivity index (χ1n) is 6.38. The number of hydrogen-bond donors (Lipinski definition) is 2. The fourth-order valence-electron chi connectivity index (χ4n) is 1.73. The number of rotatable bonds is 7. The highest BCUT2D eigenvalue weighted by Gasteiger charge is 2.22. The molecule has 19 heavy (non-hydrogen) atoms.